The Bertz CT molecular complexity index is 531. The van der Waals surface area contributed by atoms with Crippen molar-refractivity contribution >= 4 is 5.84 Å². The number of nitrogens with zero attached hydrogens (tertiary/aromatic N) is 2. The van der Waals surface area contributed by atoms with Crippen molar-refractivity contribution in [3.63, 3.8) is 0 Å². The first-order valence-electron chi connectivity index (χ1n) is 7.03. The monoisotopic (exact) mass is 293 g/mol. The summed E-state index contributed by atoms with van der Waals surface area (Å²) < 4.78 is 10.7. The van der Waals surface area contributed by atoms with Gasteiger partial charge < -0.3 is 20.4 Å². The average molecular weight is 293 g/mol. The number of methoxy groups -OCH3 is 2. The summed E-state index contributed by atoms with van der Waals surface area (Å²) in [6, 6.07) is 4.32. The molecule has 0 bridgehead atoms. The van der Waals surface area contributed by atoms with Crippen molar-refractivity contribution in [2.24, 2.45) is 10.9 Å². The molecule has 0 radical (unpaired) electrons. The first-order chi connectivity index (χ1) is 10.1. The fraction of sp³-hybridized carbons (Fsp3) is 0.533. The Morgan fingerprint density at radius 3 is 2.52 bits per heavy atom. The van der Waals surface area contributed by atoms with Crippen LogP contribution in [-0.2, 0) is 13.0 Å². The number of ether oxygens (including phenoxy) is 2. The fourth-order valence-corrected chi connectivity index (χ4v) is 2.75. The lowest BCUT2D eigenvalue weighted by Crippen LogP contribution is -2.39. The Hall–Kier alpha value is -1.95. The first kappa shape index (κ1) is 15.4. The van der Waals surface area contributed by atoms with Crippen LogP contribution >= 0.6 is 0 Å². The van der Waals surface area contributed by atoms with Gasteiger partial charge in [-0.15, -0.1) is 0 Å². The van der Waals surface area contributed by atoms with Crippen molar-refractivity contribution in [1.82, 2.24) is 4.90 Å². The van der Waals surface area contributed by atoms with Gasteiger partial charge in [-0.3, -0.25) is 4.90 Å². The molecule has 1 aromatic carbocycles. The van der Waals surface area contributed by atoms with Crippen LogP contribution in [0.5, 0.6) is 11.5 Å². The fourth-order valence-electron chi connectivity index (χ4n) is 2.75. The van der Waals surface area contributed by atoms with Crippen LogP contribution in [0, 0.1) is 0 Å². The lowest BCUT2D eigenvalue weighted by atomic mass is 9.97. The molecule has 1 atom stereocenters. The average Bonchev–Trinajstić information content (AvgIpc) is 2.52. The largest absolute Gasteiger partial charge is 0.493 e. The minimum absolute atomic E-state index is 0.224. The number of hydrogen-bond acceptors (Lipinski definition) is 5. The predicted molar refractivity (Wildman–Crippen MR) is 81.1 cm³/mol. The molecule has 1 unspecified atom stereocenters. The molecule has 116 valence electrons. The zero-order valence-electron chi connectivity index (χ0n) is 12.8. The van der Waals surface area contributed by atoms with Gasteiger partial charge in [0.1, 0.15) is 5.84 Å². The Morgan fingerprint density at radius 2 is 1.95 bits per heavy atom. The highest BCUT2D eigenvalue weighted by atomic mass is 16.5. The van der Waals surface area contributed by atoms with Gasteiger partial charge in [-0.1, -0.05) is 5.16 Å². The molecule has 0 amide bonds. The second kappa shape index (κ2) is 6.67. The van der Waals surface area contributed by atoms with Crippen LogP contribution in [0.1, 0.15) is 24.5 Å². The van der Waals surface area contributed by atoms with Crippen LogP contribution in [0.15, 0.2) is 17.3 Å². The summed E-state index contributed by atoms with van der Waals surface area (Å²) in [7, 11) is 3.30. The molecule has 0 aliphatic carbocycles. The number of benzene rings is 1. The van der Waals surface area contributed by atoms with E-state index in [1.165, 1.54) is 11.1 Å². The third-order valence-electron chi connectivity index (χ3n) is 4.00. The SMILES string of the molecule is COc1cc2c(cc1OC)CN(C(C)CC(N)=NO)CC2. The normalized spacial score (nSPS) is 17.2. The third-order valence-corrected chi connectivity index (χ3v) is 4.00. The zero-order chi connectivity index (χ0) is 15.4. The maximum Gasteiger partial charge on any atom is 0.161 e. The van der Waals surface area contributed by atoms with Gasteiger partial charge in [-0.25, -0.2) is 0 Å². The van der Waals surface area contributed by atoms with E-state index in [2.05, 4.69) is 23.0 Å². The quantitative estimate of drug-likeness (QED) is 0.373. The van der Waals surface area contributed by atoms with E-state index >= 15 is 0 Å². The van der Waals surface area contributed by atoms with Gasteiger partial charge in [-0.2, -0.15) is 0 Å². The summed E-state index contributed by atoms with van der Waals surface area (Å²) >= 11 is 0. The minimum Gasteiger partial charge on any atom is -0.493 e. The number of oxime groups is 1. The number of amidine groups is 1. The lowest BCUT2D eigenvalue weighted by Gasteiger charge is -2.34. The van der Waals surface area contributed by atoms with Gasteiger partial charge in [0.15, 0.2) is 11.5 Å². The molecule has 3 N–H and O–H groups in total. The molecule has 0 fully saturated rings. The topological polar surface area (TPSA) is 80.3 Å². The van der Waals surface area contributed by atoms with Gasteiger partial charge in [-0.05, 0) is 36.6 Å². The van der Waals surface area contributed by atoms with E-state index < -0.39 is 0 Å². The Morgan fingerprint density at radius 1 is 1.33 bits per heavy atom. The van der Waals surface area contributed by atoms with E-state index in [0.29, 0.717) is 6.42 Å². The van der Waals surface area contributed by atoms with Crippen LogP contribution in [-0.4, -0.2) is 42.7 Å². The van der Waals surface area contributed by atoms with Crippen molar-refractivity contribution in [1.29, 1.82) is 0 Å². The van der Waals surface area contributed by atoms with Gasteiger partial charge in [0.2, 0.25) is 0 Å². The van der Waals surface area contributed by atoms with Crippen LogP contribution in [0.3, 0.4) is 0 Å². The third kappa shape index (κ3) is 3.39. The molecule has 21 heavy (non-hydrogen) atoms. The van der Waals surface area contributed by atoms with Crippen molar-refractivity contribution in [3.05, 3.63) is 23.3 Å². The van der Waals surface area contributed by atoms with Crippen LogP contribution < -0.4 is 15.2 Å². The van der Waals surface area contributed by atoms with E-state index in [0.717, 1.165) is 31.0 Å². The van der Waals surface area contributed by atoms with E-state index in [1.54, 1.807) is 14.2 Å². The smallest absolute Gasteiger partial charge is 0.161 e. The number of rotatable bonds is 5. The van der Waals surface area contributed by atoms with Gasteiger partial charge in [0.05, 0.1) is 14.2 Å². The highest BCUT2D eigenvalue weighted by Gasteiger charge is 2.23. The maximum absolute atomic E-state index is 8.68. The summed E-state index contributed by atoms with van der Waals surface area (Å²) in [5.74, 6) is 1.79. The number of nitrogens with two attached hydrogens (primary N) is 1. The predicted octanol–water partition coefficient (Wildman–Crippen LogP) is 1.59. The summed E-state index contributed by atoms with van der Waals surface area (Å²) in [4.78, 5) is 2.33. The highest BCUT2D eigenvalue weighted by molar-refractivity contribution is 5.80. The number of hydrogen-bond donors (Lipinski definition) is 2. The van der Waals surface area contributed by atoms with E-state index in [1.807, 2.05) is 6.07 Å². The molecule has 0 spiro atoms. The second-order valence-corrected chi connectivity index (χ2v) is 5.34. The van der Waals surface area contributed by atoms with Crippen LogP contribution in [0.4, 0.5) is 0 Å². The number of fused-ring (bicyclic) bond motifs is 1. The molecule has 6 nitrogen and oxygen atoms in total. The molecule has 0 aromatic heterocycles. The van der Waals surface area contributed by atoms with Crippen molar-refractivity contribution in [2.75, 3.05) is 20.8 Å². The molecule has 0 saturated carbocycles. The standard InChI is InChI=1S/C15H23N3O3/c1-10(6-15(16)17-19)18-5-4-11-7-13(20-2)14(21-3)8-12(11)9-18/h7-8,10,19H,4-6,9H2,1-3H3,(H2,16,17). The summed E-state index contributed by atoms with van der Waals surface area (Å²) in [6.07, 6.45) is 1.51. The van der Waals surface area contributed by atoms with E-state index in [-0.39, 0.29) is 11.9 Å². The van der Waals surface area contributed by atoms with Gasteiger partial charge in [0.25, 0.3) is 0 Å². The first-order valence-corrected chi connectivity index (χ1v) is 7.03. The second-order valence-electron chi connectivity index (χ2n) is 5.34. The Kier molecular flexibility index (Phi) is 4.90. The van der Waals surface area contributed by atoms with E-state index in [9.17, 15) is 0 Å². The Labute approximate surface area is 125 Å². The lowest BCUT2D eigenvalue weighted by molar-refractivity contribution is 0.192. The van der Waals surface area contributed by atoms with Crippen LogP contribution in [0.25, 0.3) is 0 Å². The summed E-state index contributed by atoms with van der Waals surface area (Å²) in [6.45, 7) is 3.86. The summed E-state index contributed by atoms with van der Waals surface area (Å²) in [5.41, 5.74) is 8.13. The zero-order valence-corrected chi connectivity index (χ0v) is 12.8. The van der Waals surface area contributed by atoms with E-state index in [4.69, 9.17) is 20.4 Å². The molecule has 1 heterocycles. The van der Waals surface area contributed by atoms with Crippen molar-refractivity contribution < 1.29 is 14.7 Å². The molecular formula is C15H23N3O3. The molecule has 6 heteroatoms. The molecule has 1 aliphatic heterocycles. The molecule has 2 rings (SSSR count). The maximum atomic E-state index is 8.68. The summed E-state index contributed by atoms with van der Waals surface area (Å²) in [5, 5.41) is 11.7. The molecular weight excluding hydrogens is 270 g/mol. The van der Waals surface area contributed by atoms with Gasteiger partial charge in [0, 0.05) is 25.6 Å². The Balaban J connectivity index is 2.16. The van der Waals surface area contributed by atoms with Crippen LogP contribution in [0.2, 0.25) is 0 Å². The molecule has 0 saturated heterocycles. The molecule has 1 aliphatic rings. The van der Waals surface area contributed by atoms with Gasteiger partial charge >= 0.3 is 0 Å². The van der Waals surface area contributed by atoms with Crippen molar-refractivity contribution in [2.45, 2.75) is 32.4 Å². The minimum atomic E-state index is 0.224. The van der Waals surface area contributed by atoms with Crippen molar-refractivity contribution in [3.8, 4) is 11.5 Å². The molecule has 1 aromatic rings. The highest BCUT2D eigenvalue weighted by Crippen LogP contribution is 2.33.